The Morgan fingerprint density at radius 1 is 0.833 bits per heavy atom. The lowest BCUT2D eigenvalue weighted by atomic mass is 10.1. The summed E-state index contributed by atoms with van der Waals surface area (Å²) in [6.45, 7) is 2.09. The molecule has 0 amide bonds. The van der Waals surface area contributed by atoms with Crippen molar-refractivity contribution in [1.82, 2.24) is 9.78 Å². The van der Waals surface area contributed by atoms with Crippen LogP contribution in [0.4, 0.5) is 0 Å². The first kappa shape index (κ1) is 10.8. The third-order valence-corrected chi connectivity index (χ3v) is 3.00. The van der Waals surface area contributed by atoms with Gasteiger partial charge < -0.3 is 0 Å². The summed E-state index contributed by atoms with van der Waals surface area (Å²) >= 11 is 0. The van der Waals surface area contributed by atoms with Gasteiger partial charge in [-0.15, -0.1) is 0 Å². The third-order valence-electron chi connectivity index (χ3n) is 3.00. The zero-order chi connectivity index (χ0) is 12.4. The van der Waals surface area contributed by atoms with Crippen LogP contribution in [0.25, 0.3) is 16.9 Å². The minimum absolute atomic E-state index is 1.09. The molecular formula is C16H14N2. The van der Waals surface area contributed by atoms with Crippen LogP contribution in [-0.4, -0.2) is 9.78 Å². The van der Waals surface area contributed by atoms with Crippen LogP contribution in [0.5, 0.6) is 0 Å². The number of hydrogen-bond donors (Lipinski definition) is 0. The van der Waals surface area contributed by atoms with Gasteiger partial charge in [-0.25, -0.2) is 4.68 Å². The fourth-order valence-corrected chi connectivity index (χ4v) is 2.14. The Morgan fingerprint density at radius 2 is 1.44 bits per heavy atom. The van der Waals surface area contributed by atoms with E-state index in [1.165, 1.54) is 11.1 Å². The minimum Gasteiger partial charge on any atom is -0.233 e. The number of hydrogen-bond acceptors (Lipinski definition) is 1. The highest BCUT2D eigenvalue weighted by Crippen LogP contribution is 2.25. The summed E-state index contributed by atoms with van der Waals surface area (Å²) in [7, 11) is 0. The molecule has 3 aromatic rings. The Labute approximate surface area is 107 Å². The second-order valence-corrected chi connectivity index (χ2v) is 4.29. The first-order valence-electron chi connectivity index (χ1n) is 6.02. The standard InChI is InChI=1S/C16H14N2/c1-13-12-17-18(15-10-6-3-7-11-15)16(13)14-8-4-2-5-9-14/h2-12H,1H3. The van der Waals surface area contributed by atoms with E-state index in [2.05, 4.69) is 48.4 Å². The van der Waals surface area contributed by atoms with Crippen LogP contribution in [-0.2, 0) is 0 Å². The Morgan fingerprint density at radius 3 is 2.11 bits per heavy atom. The molecule has 0 saturated heterocycles. The Balaban J connectivity index is 2.19. The van der Waals surface area contributed by atoms with E-state index in [1.807, 2.05) is 35.1 Å². The molecule has 1 aromatic heterocycles. The quantitative estimate of drug-likeness (QED) is 0.658. The number of benzene rings is 2. The van der Waals surface area contributed by atoms with Crippen LogP contribution in [0.1, 0.15) is 5.56 Å². The molecular weight excluding hydrogens is 220 g/mol. The van der Waals surface area contributed by atoms with E-state index in [9.17, 15) is 0 Å². The van der Waals surface area contributed by atoms with Gasteiger partial charge in [0.2, 0.25) is 0 Å². The van der Waals surface area contributed by atoms with Crippen molar-refractivity contribution >= 4 is 0 Å². The van der Waals surface area contributed by atoms with Gasteiger partial charge in [0.15, 0.2) is 0 Å². The SMILES string of the molecule is Cc1cnn(-c2ccccc2)c1-c1ccccc1. The van der Waals surface area contributed by atoms with E-state index in [0.29, 0.717) is 0 Å². The number of nitrogens with zero attached hydrogens (tertiary/aromatic N) is 2. The van der Waals surface area contributed by atoms with Crippen molar-refractivity contribution in [3.8, 4) is 16.9 Å². The zero-order valence-electron chi connectivity index (χ0n) is 10.2. The van der Waals surface area contributed by atoms with Crippen LogP contribution in [0.3, 0.4) is 0 Å². The largest absolute Gasteiger partial charge is 0.233 e. The van der Waals surface area contributed by atoms with Gasteiger partial charge in [0.1, 0.15) is 0 Å². The second kappa shape index (κ2) is 4.49. The highest BCUT2D eigenvalue weighted by Gasteiger charge is 2.10. The van der Waals surface area contributed by atoms with Crippen molar-refractivity contribution in [3.05, 3.63) is 72.4 Å². The molecule has 0 spiro atoms. The first-order chi connectivity index (χ1) is 8.86. The molecule has 0 aliphatic heterocycles. The van der Waals surface area contributed by atoms with Gasteiger partial charge in [-0.2, -0.15) is 5.10 Å². The molecule has 0 unspecified atom stereocenters. The summed E-state index contributed by atoms with van der Waals surface area (Å²) in [4.78, 5) is 0. The summed E-state index contributed by atoms with van der Waals surface area (Å²) in [5, 5.41) is 4.48. The molecule has 0 bridgehead atoms. The van der Waals surface area contributed by atoms with Crippen molar-refractivity contribution in [2.45, 2.75) is 6.92 Å². The van der Waals surface area contributed by atoms with E-state index in [1.54, 1.807) is 0 Å². The molecule has 0 saturated carbocycles. The first-order valence-corrected chi connectivity index (χ1v) is 6.02. The molecule has 2 aromatic carbocycles. The molecule has 1 heterocycles. The number of aromatic nitrogens is 2. The minimum atomic E-state index is 1.09. The van der Waals surface area contributed by atoms with Crippen LogP contribution >= 0.6 is 0 Å². The summed E-state index contributed by atoms with van der Waals surface area (Å²) in [6, 6.07) is 20.6. The van der Waals surface area contributed by atoms with Crippen molar-refractivity contribution in [1.29, 1.82) is 0 Å². The summed E-state index contributed by atoms with van der Waals surface area (Å²) < 4.78 is 1.99. The maximum Gasteiger partial charge on any atom is 0.0770 e. The van der Waals surface area contributed by atoms with Gasteiger partial charge in [-0.3, -0.25) is 0 Å². The monoisotopic (exact) mass is 234 g/mol. The topological polar surface area (TPSA) is 17.8 Å². The molecule has 0 aliphatic rings. The zero-order valence-corrected chi connectivity index (χ0v) is 10.2. The predicted octanol–water partition coefficient (Wildman–Crippen LogP) is 3.85. The molecule has 0 atom stereocenters. The molecule has 0 N–H and O–H groups in total. The lowest BCUT2D eigenvalue weighted by molar-refractivity contribution is 0.888. The second-order valence-electron chi connectivity index (χ2n) is 4.29. The lowest BCUT2D eigenvalue weighted by Crippen LogP contribution is -1.98. The smallest absolute Gasteiger partial charge is 0.0770 e. The van der Waals surface area contributed by atoms with Crippen LogP contribution < -0.4 is 0 Å². The van der Waals surface area contributed by atoms with Crippen molar-refractivity contribution in [2.75, 3.05) is 0 Å². The highest BCUT2D eigenvalue weighted by atomic mass is 15.3. The molecule has 3 rings (SSSR count). The molecule has 88 valence electrons. The van der Waals surface area contributed by atoms with Gasteiger partial charge >= 0.3 is 0 Å². The van der Waals surface area contributed by atoms with Gasteiger partial charge in [-0.1, -0.05) is 48.5 Å². The molecule has 0 aliphatic carbocycles. The van der Waals surface area contributed by atoms with E-state index in [-0.39, 0.29) is 0 Å². The third kappa shape index (κ3) is 1.82. The van der Waals surface area contributed by atoms with Crippen molar-refractivity contribution < 1.29 is 0 Å². The molecule has 18 heavy (non-hydrogen) atoms. The maximum absolute atomic E-state index is 4.48. The fourth-order valence-electron chi connectivity index (χ4n) is 2.14. The molecule has 0 radical (unpaired) electrons. The van der Waals surface area contributed by atoms with Crippen LogP contribution in [0.2, 0.25) is 0 Å². The molecule has 2 nitrogen and oxygen atoms in total. The maximum atomic E-state index is 4.48. The van der Waals surface area contributed by atoms with Gasteiger partial charge in [0.25, 0.3) is 0 Å². The molecule has 2 heteroatoms. The number of para-hydroxylation sites is 1. The highest BCUT2D eigenvalue weighted by molar-refractivity contribution is 5.65. The normalized spacial score (nSPS) is 10.5. The van der Waals surface area contributed by atoms with E-state index >= 15 is 0 Å². The lowest BCUT2D eigenvalue weighted by Gasteiger charge is -2.08. The van der Waals surface area contributed by atoms with Gasteiger partial charge in [0.05, 0.1) is 17.6 Å². The summed E-state index contributed by atoms with van der Waals surface area (Å²) in [5.74, 6) is 0. The van der Waals surface area contributed by atoms with Crippen molar-refractivity contribution in [3.63, 3.8) is 0 Å². The van der Waals surface area contributed by atoms with E-state index < -0.39 is 0 Å². The molecule has 0 fully saturated rings. The average molecular weight is 234 g/mol. The Kier molecular flexibility index (Phi) is 2.69. The van der Waals surface area contributed by atoms with Gasteiger partial charge in [0, 0.05) is 5.56 Å². The van der Waals surface area contributed by atoms with E-state index in [0.717, 1.165) is 11.4 Å². The summed E-state index contributed by atoms with van der Waals surface area (Å²) in [5.41, 5.74) is 4.62. The predicted molar refractivity (Wildman–Crippen MR) is 73.7 cm³/mol. The van der Waals surface area contributed by atoms with Crippen LogP contribution in [0, 0.1) is 6.92 Å². The Bertz CT molecular complexity index is 639. The fraction of sp³-hybridized carbons (Fsp3) is 0.0625. The number of aryl methyl sites for hydroxylation is 1. The van der Waals surface area contributed by atoms with E-state index in [4.69, 9.17) is 0 Å². The summed E-state index contributed by atoms with van der Waals surface area (Å²) in [6.07, 6.45) is 1.91. The van der Waals surface area contributed by atoms with Crippen molar-refractivity contribution in [2.24, 2.45) is 0 Å². The Hall–Kier alpha value is -2.35. The average Bonchev–Trinajstić information content (AvgIpc) is 2.83. The van der Waals surface area contributed by atoms with Gasteiger partial charge in [-0.05, 0) is 24.6 Å². The van der Waals surface area contributed by atoms with Crippen LogP contribution in [0.15, 0.2) is 66.9 Å². The number of rotatable bonds is 2.